The molecular formula is C22H19N2O. The number of carbonyl (C=O) groups is 1. The van der Waals surface area contributed by atoms with Crippen molar-refractivity contribution in [3.8, 4) is 0 Å². The van der Waals surface area contributed by atoms with Gasteiger partial charge in [0.1, 0.15) is 0 Å². The van der Waals surface area contributed by atoms with Crippen LogP contribution in [0, 0.1) is 6.07 Å². The smallest absolute Gasteiger partial charge is 0.249 e. The first-order valence-corrected chi connectivity index (χ1v) is 8.48. The highest BCUT2D eigenvalue weighted by Gasteiger charge is 2.16. The monoisotopic (exact) mass is 327 g/mol. The molecule has 0 atom stereocenters. The van der Waals surface area contributed by atoms with Gasteiger partial charge in [-0.05, 0) is 41.8 Å². The van der Waals surface area contributed by atoms with E-state index in [9.17, 15) is 4.79 Å². The number of aryl methyl sites for hydroxylation is 1. The highest BCUT2D eigenvalue weighted by atomic mass is 16.1. The molecule has 123 valence electrons. The molecule has 4 rings (SSSR count). The standard InChI is InChI=1S/C22H19N2O/c1-2-15-10-12-16(13-11-15)14-24-19-8-4-3-6-17(19)21-18(22(23)25)7-5-9-20(21)24/h3-5,7-13H,2,14H2,1H3,(H2,23,25). The zero-order valence-corrected chi connectivity index (χ0v) is 14.1. The predicted octanol–water partition coefficient (Wildman–Crippen LogP) is 4.30. The number of aromatic nitrogens is 1. The SMILES string of the molecule is CCc1ccc(Cn2c3ccc[c]c3c3c(C(N)=O)cccc32)cc1. The molecule has 1 radical (unpaired) electrons. The molecule has 25 heavy (non-hydrogen) atoms. The normalized spacial score (nSPS) is 11.2. The molecule has 1 amide bonds. The van der Waals surface area contributed by atoms with E-state index in [0.29, 0.717) is 5.56 Å². The summed E-state index contributed by atoms with van der Waals surface area (Å²) in [6, 6.07) is 23.6. The van der Waals surface area contributed by atoms with Crippen molar-refractivity contribution in [1.82, 2.24) is 4.57 Å². The van der Waals surface area contributed by atoms with Gasteiger partial charge < -0.3 is 10.3 Å². The number of fused-ring (bicyclic) bond motifs is 3. The van der Waals surface area contributed by atoms with Crippen LogP contribution >= 0.6 is 0 Å². The summed E-state index contributed by atoms with van der Waals surface area (Å²) in [6.45, 7) is 2.90. The molecule has 2 N–H and O–H groups in total. The second-order valence-corrected chi connectivity index (χ2v) is 6.25. The van der Waals surface area contributed by atoms with Crippen LogP contribution in [0.3, 0.4) is 0 Å². The number of carbonyl (C=O) groups excluding carboxylic acids is 1. The van der Waals surface area contributed by atoms with Crippen molar-refractivity contribution in [3.05, 3.63) is 83.4 Å². The van der Waals surface area contributed by atoms with Crippen LogP contribution in [0.5, 0.6) is 0 Å². The Balaban J connectivity index is 1.95. The first-order chi connectivity index (χ1) is 12.2. The average molecular weight is 327 g/mol. The molecule has 0 saturated heterocycles. The van der Waals surface area contributed by atoms with Gasteiger partial charge in [-0.25, -0.2) is 0 Å². The lowest BCUT2D eigenvalue weighted by Gasteiger charge is -2.09. The van der Waals surface area contributed by atoms with Crippen LogP contribution in [0.4, 0.5) is 0 Å². The highest BCUT2D eigenvalue weighted by Crippen LogP contribution is 2.31. The molecule has 0 saturated carbocycles. The molecule has 0 unspecified atom stereocenters. The van der Waals surface area contributed by atoms with Gasteiger partial charge in [-0.15, -0.1) is 0 Å². The van der Waals surface area contributed by atoms with Gasteiger partial charge >= 0.3 is 0 Å². The number of nitrogens with zero attached hydrogens (tertiary/aromatic N) is 1. The lowest BCUT2D eigenvalue weighted by atomic mass is 10.1. The van der Waals surface area contributed by atoms with E-state index in [-0.39, 0.29) is 0 Å². The Bertz CT molecular complexity index is 1070. The summed E-state index contributed by atoms with van der Waals surface area (Å²) >= 11 is 0. The Morgan fingerprint density at radius 3 is 2.44 bits per heavy atom. The zero-order valence-electron chi connectivity index (χ0n) is 14.1. The van der Waals surface area contributed by atoms with Crippen molar-refractivity contribution < 1.29 is 4.79 Å². The second-order valence-electron chi connectivity index (χ2n) is 6.25. The molecule has 0 aliphatic rings. The number of amides is 1. The molecule has 3 nitrogen and oxygen atoms in total. The second kappa shape index (κ2) is 6.10. The Labute approximate surface area is 146 Å². The van der Waals surface area contributed by atoms with E-state index >= 15 is 0 Å². The van der Waals surface area contributed by atoms with Gasteiger partial charge in [0, 0.05) is 22.9 Å². The van der Waals surface area contributed by atoms with Crippen LogP contribution in [0.25, 0.3) is 21.8 Å². The summed E-state index contributed by atoms with van der Waals surface area (Å²) in [6.07, 6.45) is 1.03. The van der Waals surface area contributed by atoms with Crippen molar-refractivity contribution in [2.45, 2.75) is 19.9 Å². The topological polar surface area (TPSA) is 48.0 Å². The minimum atomic E-state index is -0.408. The first kappa shape index (κ1) is 15.5. The van der Waals surface area contributed by atoms with E-state index in [2.05, 4.69) is 47.9 Å². The Morgan fingerprint density at radius 1 is 1.00 bits per heavy atom. The first-order valence-electron chi connectivity index (χ1n) is 8.48. The molecule has 3 heteroatoms. The lowest BCUT2D eigenvalue weighted by molar-refractivity contribution is 0.100. The maximum Gasteiger partial charge on any atom is 0.249 e. The molecule has 0 spiro atoms. The number of hydrogen-bond acceptors (Lipinski definition) is 1. The summed E-state index contributed by atoms with van der Waals surface area (Å²) in [5.41, 5.74) is 10.8. The maximum atomic E-state index is 11.9. The fourth-order valence-electron chi connectivity index (χ4n) is 3.45. The third-order valence-electron chi connectivity index (χ3n) is 4.75. The Kier molecular flexibility index (Phi) is 3.77. The molecule has 0 aliphatic carbocycles. The van der Waals surface area contributed by atoms with Crippen LogP contribution in [0.2, 0.25) is 0 Å². The van der Waals surface area contributed by atoms with E-state index in [4.69, 9.17) is 5.73 Å². The molecule has 1 heterocycles. The average Bonchev–Trinajstić information content (AvgIpc) is 2.96. The third kappa shape index (κ3) is 2.58. The minimum Gasteiger partial charge on any atom is -0.366 e. The predicted molar refractivity (Wildman–Crippen MR) is 102 cm³/mol. The van der Waals surface area contributed by atoms with Crippen LogP contribution in [0.15, 0.2) is 60.7 Å². The number of primary amides is 1. The fourth-order valence-corrected chi connectivity index (χ4v) is 3.45. The van der Waals surface area contributed by atoms with E-state index < -0.39 is 5.91 Å². The van der Waals surface area contributed by atoms with Crippen molar-refractivity contribution in [1.29, 1.82) is 0 Å². The van der Waals surface area contributed by atoms with Gasteiger partial charge in [-0.3, -0.25) is 4.79 Å². The zero-order chi connectivity index (χ0) is 17.4. The largest absolute Gasteiger partial charge is 0.366 e. The molecule has 0 fully saturated rings. The maximum absolute atomic E-state index is 11.9. The fraction of sp³-hybridized carbons (Fsp3) is 0.136. The Hall–Kier alpha value is -3.07. The van der Waals surface area contributed by atoms with Gasteiger partial charge in [0.15, 0.2) is 0 Å². The summed E-state index contributed by atoms with van der Waals surface area (Å²) < 4.78 is 2.23. The minimum absolute atomic E-state index is 0.408. The number of benzene rings is 3. The van der Waals surface area contributed by atoms with Crippen molar-refractivity contribution in [3.63, 3.8) is 0 Å². The summed E-state index contributed by atoms with van der Waals surface area (Å²) in [4.78, 5) is 11.9. The molecule has 4 aromatic rings. The summed E-state index contributed by atoms with van der Waals surface area (Å²) in [7, 11) is 0. The highest BCUT2D eigenvalue weighted by molar-refractivity contribution is 6.17. The van der Waals surface area contributed by atoms with Crippen LogP contribution in [0.1, 0.15) is 28.4 Å². The van der Waals surface area contributed by atoms with Crippen LogP contribution < -0.4 is 5.73 Å². The molecule has 3 aromatic carbocycles. The van der Waals surface area contributed by atoms with E-state index in [0.717, 1.165) is 34.8 Å². The lowest BCUT2D eigenvalue weighted by Crippen LogP contribution is -2.11. The molecule has 0 aliphatic heterocycles. The van der Waals surface area contributed by atoms with Gasteiger partial charge in [-0.2, -0.15) is 0 Å². The Morgan fingerprint density at radius 2 is 1.72 bits per heavy atom. The van der Waals surface area contributed by atoms with Gasteiger partial charge in [-0.1, -0.05) is 49.4 Å². The number of rotatable bonds is 4. The quantitative estimate of drug-likeness (QED) is 0.597. The van der Waals surface area contributed by atoms with E-state index in [1.54, 1.807) is 6.07 Å². The summed E-state index contributed by atoms with van der Waals surface area (Å²) in [5.74, 6) is -0.408. The summed E-state index contributed by atoms with van der Waals surface area (Å²) in [5, 5.41) is 1.83. The van der Waals surface area contributed by atoms with Crippen molar-refractivity contribution in [2.24, 2.45) is 5.73 Å². The van der Waals surface area contributed by atoms with Crippen molar-refractivity contribution >= 4 is 27.7 Å². The number of nitrogens with two attached hydrogens (primary N) is 1. The van der Waals surface area contributed by atoms with E-state index in [1.807, 2.05) is 24.3 Å². The third-order valence-corrected chi connectivity index (χ3v) is 4.75. The van der Waals surface area contributed by atoms with Gasteiger partial charge in [0.05, 0.1) is 11.0 Å². The van der Waals surface area contributed by atoms with Crippen molar-refractivity contribution in [2.75, 3.05) is 0 Å². The molecule has 1 aromatic heterocycles. The van der Waals surface area contributed by atoms with Crippen LogP contribution in [-0.4, -0.2) is 10.5 Å². The van der Waals surface area contributed by atoms with Gasteiger partial charge in [0.25, 0.3) is 0 Å². The molecular weight excluding hydrogens is 308 g/mol. The number of hydrogen-bond donors (Lipinski definition) is 1. The van der Waals surface area contributed by atoms with Gasteiger partial charge in [0.2, 0.25) is 5.91 Å². The molecule has 0 bridgehead atoms. The van der Waals surface area contributed by atoms with E-state index in [1.165, 1.54) is 11.1 Å². The van der Waals surface area contributed by atoms with Crippen LogP contribution in [-0.2, 0) is 13.0 Å².